The van der Waals surface area contributed by atoms with Crippen LogP contribution in [-0.4, -0.2) is 40.1 Å². The molecule has 0 amide bonds. The molecule has 21 heavy (non-hydrogen) atoms. The van der Waals surface area contributed by atoms with Crippen molar-refractivity contribution in [2.24, 2.45) is 0 Å². The molecule has 0 heterocycles. The van der Waals surface area contributed by atoms with Crippen molar-refractivity contribution in [1.82, 2.24) is 5.32 Å². The average molecular weight is 299 g/mol. The summed E-state index contributed by atoms with van der Waals surface area (Å²) in [6.07, 6.45) is 1.03. The fraction of sp³-hybridized carbons (Fsp3) is 0.625. The van der Waals surface area contributed by atoms with Gasteiger partial charge in [0.15, 0.2) is 0 Å². The molecule has 0 saturated carbocycles. The fourth-order valence-corrected chi connectivity index (χ4v) is 1.91. The highest BCUT2D eigenvalue weighted by molar-refractivity contribution is 5.36. The zero-order valence-corrected chi connectivity index (χ0v) is 13.2. The largest absolute Gasteiger partial charge is 0.491 e. The van der Waals surface area contributed by atoms with Gasteiger partial charge in [-0.05, 0) is 38.1 Å². The summed E-state index contributed by atoms with van der Waals surface area (Å²) in [5, 5.41) is 3.34. The van der Waals surface area contributed by atoms with Gasteiger partial charge in [0.05, 0.1) is 19.8 Å². The van der Waals surface area contributed by atoms with Crippen LogP contribution in [0.25, 0.3) is 0 Å². The van der Waals surface area contributed by atoms with Gasteiger partial charge in [-0.3, -0.25) is 0 Å². The first-order valence-electron chi connectivity index (χ1n) is 7.41. The van der Waals surface area contributed by atoms with Gasteiger partial charge in [0.1, 0.15) is 18.2 Å². The predicted molar refractivity (Wildman–Crippen MR) is 81.3 cm³/mol. The smallest absolute Gasteiger partial charge is 0.124 e. The maximum absolute atomic E-state index is 13.4. The molecule has 0 saturated heterocycles. The van der Waals surface area contributed by atoms with Crippen LogP contribution in [0.4, 0.5) is 4.39 Å². The summed E-state index contributed by atoms with van der Waals surface area (Å²) in [5.41, 5.74) is 0.834. The fourth-order valence-electron chi connectivity index (χ4n) is 1.91. The van der Waals surface area contributed by atoms with Gasteiger partial charge >= 0.3 is 0 Å². The normalized spacial score (nSPS) is 12.4. The molecule has 0 aliphatic rings. The summed E-state index contributed by atoms with van der Waals surface area (Å²) in [6.45, 7) is 7.02. The minimum absolute atomic E-state index is 0.0464. The van der Waals surface area contributed by atoms with Gasteiger partial charge in [-0.1, -0.05) is 6.92 Å². The standard InChI is InChI=1S/C16H26FNO3/c1-4-7-18-13(2)15-12-14(17)5-6-16(15)21-11-10-20-9-8-19-3/h5-6,12-13,18H,4,7-11H2,1-3H3. The third-order valence-corrected chi connectivity index (χ3v) is 3.06. The Labute approximate surface area is 126 Å². The zero-order valence-electron chi connectivity index (χ0n) is 13.2. The number of rotatable bonds is 11. The lowest BCUT2D eigenvalue weighted by Crippen LogP contribution is -2.20. The van der Waals surface area contributed by atoms with Crippen LogP contribution < -0.4 is 10.1 Å². The molecule has 1 N–H and O–H groups in total. The van der Waals surface area contributed by atoms with Gasteiger partial charge in [0.2, 0.25) is 0 Å². The first kappa shape index (κ1) is 17.9. The van der Waals surface area contributed by atoms with Crippen LogP contribution in [0.5, 0.6) is 5.75 Å². The van der Waals surface area contributed by atoms with Crippen molar-refractivity contribution in [3.05, 3.63) is 29.6 Å². The predicted octanol–water partition coefficient (Wildman–Crippen LogP) is 2.93. The van der Waals surface area contributed by atoms with Gasteiger partial charge in [-0.15, -0.1) is 0 Å². The Hall–Kier alpha value is -1.17. The minimum Gasteiger partial charge on any atom is -0.491 e. The number of ether oxygens (including phenoxy) is 3. The molecule has 0 aromatic heterocycles. The molecule has 1 rings (SSSR count). The third-order valence-electron chi connectivity index (χ3n) is 3.06. The van der Waals surface area contributed by atoms with Crippen molar-refractivity contribution >= 4 is 0 Å². The Kier molecular flexibility index (Phi) is 8.98. The maximum atomic E-state index is 13.4. The number of nitrogens with one attached hydrogen (secondary N) is 1. The highest BCUT2D eigenvalue weighted by Gasteiger charge is 2.12. The van der Waals surface area contributed by atoms with Gasteiger partial charge < -0.3 is 19.5 Å². The Morgan fingerprint density at radius 2 is 1.95 bits per heavy atom. The second-order valence-electron chi connectivity index (χ2n) is 4.81. The van der Waals surface area contributed by atoms with Gasteiger partial charge in [0.25, 0.3) is 0 Å². The lowest BCUT2D eigenvalue weighted by atomic mass is 10.1. The third kappa shape index (κ3) is 6.89. The molecule has 1 atom stereocenters. The van der Waals surface area contributed by atoms with Crippen LogP contribution in [0.15, 0.2) is 18.2 Å². The van der Waals surface area contributed by atoms with Crippen LogP contribution in [0.3, 0.4) is 0 Å². The number of hydrogen-bond acceptors (Lipinski definition) is 4. The Morgan fingerprint density at radius 3 is 2.67 bits per heavy atom. The van der Waals surface area contributed by atoms with Crippen LogP contribution in [0.2, 0.25) is 0 Å². The SMILES string of the molecule is CCCNC(C)c1cc(F)ccc1OCCOCCOC. The van der Waals surface area contributed by atoms with Crippen molar-refractivity contribution in [2.75, 3.05) is 40.1 Å². The van der Waals surface area contributed by atoms with E-state index >= 15 is 0 Å². The Balaban J connectivity index is 2.52. The highest BCUT2D eigenvalue weighted by atomic mass is 19.1. The number of methoxy groups -OCH3 is 1. The van der Waals surface area contributed by atoms with E-state index in [-0.39, 0.29) is 11.9 Å². The summed E-state index contributed by atoms with van der Waals surface area (Å²) in [7, 11) is 1.63. The molecular formula is C16H26FNO3. The molecule has 1 aromatic rings. The lowest BCUT2D eigenvalue weighted by Gasteiger charge is -2.18. The molecule has 0 aliphatic carbocycles. The summed E-state index contributed by atoms with van der Waals surface area (Å²) >= 11 is 0. The first-order chi connectivity index (χ1) is 10.2. The van der Waals surface area contributed by atoms with Crippen molar-refractivity contribution in [2.45, 2.75) is 26.3 Å². The van der Waals surface area contributed by atoms with Crippen LogP contribution >= 0.6 is 0 Å². The van der Waals surface area contributed by atoms with Crippen LogP contribution in [-0.2, 0) is 9.47 Å². The van der Waals surface area contributed by atoms with E-state index in [0.717, 1.165) is 18.5 Å². The van der Waals surface area contributed by atoms with Gasteiger partial charge in [-0.2, -0.15) is 0 Å². The van der Waals surface area contributed by atoms with Crippen LogP contribution in [0, 0.1) is 5.82 Å². The maximum Gasteiger partial charge on any atom is 0.124 e. The Morgan fingerprint density at radius 1 is 1.19 bits per heavy atom. The number of halogens is 1. The molecule has 0 fully saturated rings. The monoisotopic (exact) mass is 299 g/mol. The summed E-state index contributed by atoms with van der Waals surface area (Å²) in [4.78, 5) is 0. The molecule has 0 radical (unpaired) electrons. The summed E-state index contributed by atoms with van der Waals surface area (Å²) in [6, 6.07) is 4.65. The second kappa shape index (κ2) is 10.5. The number of hydrogen-bond donors (Lipinski definition) is 1. The molecule has 4 nitrogen and oxygen atoms in total. The molecule has 1 aromatic carbocycles. The molecule has 0 spiro atoms. The van der Waals surface area contributed by atoms with Gasteiger partial charge in [0, 0.05) is 18.7 Å². The van der Waals surface area contributed by atoms with Crippen molar-refractivity contribution in [1.29, 1.82) is 0 Å². The first-order valence-corrected chi connectivity index (χ1v) is 7.41. The highest BCUT2D eigenvalue weighted by Crippen LogP contribution is 2.26. The van der Waals surface area contributed by atoms with Crippen molar-refractivity contribution in [3.63, 3.8) is 0 Å². The molecule has 0 aliphatic heterocycles. The van der Waals surface area contributed by atoms with E-state index in [1.165, 1.54) is 12.1 Å². The molecule has 5 heteroatoms. The quantitative estimate of drug-likeness (QED) is 0.638. The number of benzene rings is 1. The summed E-state index contributed by atoms with van der Waals surface area (Å²) in [5.74, 6) is 0.446. The van der Waals surface area contributed by atoms with Crippen LogP contribution in [0.1, 0.15) is 31.9 Å². The van der Waals surface area contributed by atoms with E-state index in [4.69, 9.17) is 14.2 Å². The van der Waals surface area contributed by atoms with Crippen molar-refractivity contribution in [3.8, 4) is 5.75 Å². The van der Waals surface area contributed by atoms with E-state index in [2.05, 4.69) is 12.2 Å². The van der Waals surface area contributed by atoms with E-state index in [0.29, 0.717) is 32.2 Å². The van der Waals surface area contributed by atoms with E-state index < -0.39 is 0 Å². The Bertz CT molecular complexity index is 401. The zero-order chi connectivity index (χ0) is 15.5. The molecular weight excluding hydrogens is 273 g/mol. The average Bonchev–Trinajstić information content (AvgIpc) is 2.49. The second-order valence-corrected chi connectivity index (χ2v) is 4.81. The topological polar surface area (TPSA) is 39.7 Å². The lowest BCUT2D eigenvalue weighted by molar-refractivity contribution is 0.0542. The molecule has 1 unspecified atom stereocenters. The van der Waals surface area contributed by atoms with Crippen molar-refractivity contribution < 1.29 is 18.6 Å². The van der Waals surface area contributed by atoms with E-state index in [9.17, 15) is 4.39 Å². The van der Waals surface area contributed by atoms with E-state index in [1.54, 1.807) is 13.2 Å². The van der Waals surface area contributed by atoms with Gasteiger partial charge in [-0.25, -0.2) is 4.39 Å². The molecule has 120 valence electrons. The minimum atomic E-state index is -0.251. The van der Waals surface area contributed by atoms with E-state index in [1.807, 2.05) is 6.92 Å². The molecule has 0 bridgehead atoms. The summed E-state index contributed by atoms with van der Waals surface area (Å²) < 4.78 is 29.4.